The van der Waals surface area contributed by atoms with E-state index in [0.717, 1.165) is 12.8 Å². The summed E-state index contributed by atoms with van der Waals surface area (Å²) >= 11 is 1.94. The highest BCUT2D eigenvalue weighted by molar-refractivity contribution is 7.12. The molecule has 1 unspecified atom stereocenters. The molecule has 0 spiro atoms. The summed E-state index contributed by atoms with van der Waals surface area (Å²) in [7, 11) is 0. The van der Waals surface area contributed by atoms with Crippen molar-refractivity contribution in [3.8, 4) is 0 Å². The van der Waals surface area contributed by atoms with Gasteiger partial charge in [0.2, 0.25) is 0 Å². The lowest BCUT2D eigenvalue weighted by atomic mass is 9.86. The van der Waals surface area contributed by atoms with Gasteiger partial charge in [-0.25, -0.2) is 0 Å². The Labute approximate surface area is 103 Å². The molecule has 1 aromatic rings. The van der Waals surface area contributed by atoms with Gasteiger partial charge in [-0.2, -0.15) is 0 Å². The largest absolute Gasteiger partial charge is 0.325 e. The van der Waals surface area contributed by atoms with E-state index < -0.39 is 0 Å². The molecule has 1 saturated carbocycles. The zero-order chi connectivity index (χ0) is 11.8. The van der Waals surface area contributed by atoms with Gasteiger partial charge in [-0.15, -0.1) is 11.3 Å². The molecule has 1 aromatic heterocycles. The topological polar surface area (TPSA) is 26.0 Å². The lowest BCUT2D eigenvalue weighted by molar-refractivity contribution is 0.335. The van der Waals surface area contributed by atoms with Crippen LogP contribution in [0.25, 0.3) is 0 Å². The van der Waals surface area contributed by atoms with Crippen LogP contribution in [-0.2, 0) is 12.8 Å². The molecule has 0 amide bonds. The summed E-state index contributed by atoms with van der Waals surface area (Å²) in [6.45, 7) is 6.90. The average Bonchev–Trinajstić information content (AvgIpc) is 2.71. The van der Waals surface area contributed by atoms with Crippen molar-refractivity contribution < 1.29 is 0 Å². The molecule has 1 heterocycles. The molecule has 2 rings (SSSR count). The third-order valence-electron chi connectivity index (χ3n) is 3.72. The molecule has 1 atom stereocenters. The normalized spacial score (nSPS) is 28.5. The van der Waals surface area contributed by atoms with Gasteiger partial charge >= 0.3 is 0 Å². The fraction of sp³-hybridized carbons (Fsp3) is 0.714. The van der Waals surface area contributed by atoms with Crippen molar-refractivity contribution in [2.24, 2.45) is 11.1 Å². The molecule has 0 aliphatic heterocycles. The van der Waals surface area contributed by atoms with E-state index >= 15 is 0 Å². The Kier molecular flexibility index (Phi) is 3.15. The van der Waals surface area contributed by atoms with Crippen molar-refractivity contribution in [2.75, 3.05) is 0 Å². The summed E-state index contributed by atoms with van der Waals surface area (Å²) in [5.74, 6) is 0. The maximum atomic E-state index is 6.52. The predicted octanol–water partition coefficient (Wildman–Crippen LogP) is 3.76. The minimum Gasteiger partial charge on any atom is -0.325 e. The van der Waals surface area contributed by atoms with Crippen LogP contribution < -0.4 is 5.73 Å². The van der Waals surface area contributed by atoms with Gasteiger partial charge in [-0.1, -0.05) is 20.8 Å². The maximum absolute atomic E-state index is 6.52. The van der Waals surface area contributed by atoms with Crippen molar-refractivity contribution in [2.45, 2.75) is 58.4 Å². The van der Waals surface area contributed by atoms with Gasteiger partial charge in [-0.3, -0.25) is 0 Å². The molecular formula is C14H23NS. The Morgan fingerprint density at radius 3 is 2.44 bits per heavy atom. The van der Waals surface area contributed by atoms with Gasteiger partial charge in [0, 0.05) is 15.3 Å². The molecule has 16 heavy (non-hydrogen) atoms. The second kappa shape index (κ2) is 4.15. The van der Waals surface area contributed by atoms with E-state index in [4.69, 9.17) is 5.73 Å². The first-order chi connectivity index (χ1) is 7.42. The van der Waals surface area contributed by atoms with Crippen molar-refractivity contribution in [3.63, 3.8) is 0 Å². The third-order valence-corrected chi connectivity index (χ3v) is 4.95. The van der Waals surface area contributed by atoms with Gasteiger partial charge in [0.25, 0.3) is 0 Å². The van der Waals surface area contributed by atoms with Crippen LogP contribution in [0.4, 0.5) is 0 Å². The molecule has 0 bridgehead atoms. The maximum Gasteiger partial charge on any atom is 0.0208 e. The zero-order valence-corrected chi connectivity index (χ0v) is 11.5. The number of nitrogens with two attached hydrogens (primary N) is 1. The smallest absolute Gasteiger partial charge is 0.0208 e. The minimum atomic E-state index is 0.0549. The lowest BCUT2D eigenvalue weighted by Crippen LogP contribution is -2.39. The van der Waals surface area contributed by atoms with E-state index in [1.165, 1.54) is 29.0 Å². The summed E-state index contributed by atoms with van der Waals surface area (Å²) in [4.78, 5) is 2.95. The Balaban J connectivity index is 2.04. The number of aryl methyl sites for hydroxylation is 1. The van der Waals surface area contributed by atoms with E-state index in [-0.39, 0.29) is 5.54 Å². The molecule has 1 fully saturated rings. The molecule has 90 valence electrons. The molecule has 1 aliphatic carbocycles. The monoisotopic (exact) mass is 237 g/mol. The fourth-order valence-electron chi connectivity index (χ4n) is 2.92. The number of hydrogen-bond donors (Lipinski definition) is 1. The lowest BCUT2D eigenvalue weighted by Gasteiger charge is -2.25. The minimum absolute atomic E-state index is 0.0549. The zero-order valence-electron chi connectivity index (χ0n) is 10.7. The average molecular weight is 237 g/mol. The van der Waals surface area contributed by atoms with Crippen molar-refractivity contribution in [3.05, 3.63) is 21.9 Å². The van der Waals surface area contributed by atoms with Crippen LogP contribution in [0, 0.1) is 5.41 Å². The first-order valence-corrected chi connectivity index (χ1v) is 7.11. The van der Waals surface area contributed by atoms with Crippen LogP contribution in [-0.4, -0.2) is 5.54 Å². The molecule has 2 heteroatoms. The molecule has 1 aliphatic rings. The van der Waals surface area contributed by atoms with Crippen LogP contribution >= 0.6 is 11.3 Å². The highest BCUT2D eigenvalue weighted by Crippen LogP contribution is 2.44. The SMILES string of the molecule is CCc1ccc(CC2(N)CCC(C)(C)C2)s1. The van der Waals surface area contributed by atoms with Crippen LogP contribution in [0.2, 0.25) is 0 Å². The quantitative estimate of drug-likeness (QED) is 0.851. The van der Waals surface area contributed by atoms with Crippen LogP contribution in [0.1, 0.15) is 49.8 Å². The Hall–Kier alpha value is -0.340. The summed E-state index contributed by atoms with van der Waals surface area (Å²) in [5.41, 5.74) is 7.02. The number of rotatable bonds is 3. The summed E-state index contributed by atoms with van der Waals surface area (Å²) in [6.07, 6.45) is 5.84. The van der Waals surface area contributed by atoms with Gasteiger partial charge in [0.1, 0.15) is 0 Å². The number of thiophene rings is 1. The fourth-order valence-corrected chi connectivity index (χ4v) is 4.04. The summed E-state index contributed by atoms with van der Waals surface area (Å²) in [6, 6.07) is 4.52. The van der Waals surface area contributed by atoms with E-state index in [0.29, 0.717) is 5.41 Å². The highest BCUT2D eigenvalue weighted by Gasteiger charge is 2.40. The molecule has 1 nitrogen and oxygen atoms in total. The van der Waals surface area contributed by atoms with Gasteiger partial charge in [-0.05, 0) is 49.7 Å². The third kappa shape index (κ3) is 2.67. The summed E-state index contributed by atoms with van der Waals surface area (Å²) in [5, 5.41) is 0. The first-order valence-electron chi connectivity index (χ1n) is 6.29. The van der Waals surface area contributed by atoms with Crippen LogP contribution in [0.15, 0.2) is 12.1 Å². The molecule has 2 N–H and O–H groups in total. The standard InChI is InChI=1S/C14H23NS/c1-4-11-5-6-12(16-11)9-14(15)8-7-13(2,3)10-14/h5-6H,4,7-10,15H2,1-3H3. The number of hydrogen-bond acceptors (Lipinski definition) is 2. The van der Waals surface area contributed by atoms with E-state index in [1.54, 1.807) is 0 Å². The molecule has 0 aromatic carbocycles. The first kappa shape index (κ1) is 12.1. The van der Waals surface area contributed by atoms with Crippen molar-refractivity contribution >= 4 is 11.3 Å². The van der Waals surface area contributed by atoms with Gasteiger partial charge in [0.05, 0.1) is 0 Å². The van der Waals surface area contributed by atoms with E-state index in [1.807, 2.05) is 11.3 Å². The van der Waals surface area contributed by atoms with E-state index in [9.17, 15) is 0 Å². The van der Waals surface area contributed by atoms with Crippen molar-refractivity contribution in [1.82, 2.24) is 0 Å². The highest BCUT2D eigenvalue weighted by atomic mass is 32.1. The van der Waals surface area contributed by atoms with Gasteiger partial charge in [0.15, 0.2) is 0 Å². The van der Waals surface area contributed by atoms with Crippen LogP contribution in [0.3, 0.4) is 0 Å². The second-order valence-corrected chi connectivity index (χ2v) is 7.35. The van der Waals surface area contributed by atoms with E-state index in [2.05, 4.69) is 32.9 Å². The molecular weight excluding hydrogens is 214 g/mol. The van der Waals surface area contributed by atoms with Crippen LogP contribution in [0.5, 0.6) is 0 Å². The predicted molar refractivity (Wildman–Crippen MR) is 72.0 cm³/mol. The van der Waals surface area contributed by atoms with Crippen molar-refractivity contribution in [1.29, 1.82) is 0 Å². The molecule has 0 saturated heterocycles. The Morgan fingerprint density at radius 1 is 1.25 bits per heavy atom. The second-order valence-electron chi connectivity index (χ2n) is 6.10. The Bertz CT molecular complexity index is 367. The van der Waals surface area contributed by atoms with Gasteiger partial charge < -0.3 is 5.73 Å². The Morgan fingerprint density at radius 2 is 1.94 bits per heavy atom. The summed E-state index contributed by atoms with van der Waals surface area (Å²) < 4.78 is 0. The molecule has 0 radical (unpaired) electrons.